The Balaban J connectivity index is 1.93. The largest absolute Gasteiger partial charge is 0.742 e. The highest BCUT2D eigenvalue weighted by Gasteiger charge is 2.58. The average Bonchev–Trinajstić information content (AvgIpc) is 3.11. The Kier molecular flexibility index (Phi) is 2.74. The van der Waals surface area contributed by atoms with Crippen molar-refractivity contribution in [2.24, 2.45) is 0 Å². The first kappa shape index (κ1) is 11.9. The summed E-state index contributed by atoms with van der Waals surface area (Å²) >= 11 is 0. The van der Waals surface area contributed by atoms with Gasteiger partial charge in [0.05, 0.1) is 0 Å². The summed E-state index contributed by atoms with van der Waals surface area (Å²) in [6.07, 6.45) is 4.48. The van der Waals surface area contributed by atoms with Gasteiger partial charge in [-0.3, -0.25) is 4.49 Å². The zero-order chi connectivity index (χ0) is 13.4. The van der Waals surface area contributed by atoms with Crippen LogP contribution in [0.15, 0.2) is 60.7 Å². The molecule has 1 radical (unpaired) electrons. The molecule has 97 valence electrons. The van der Waals surface area contributed by atoms with Crippen molar-refractivity contribution in [1.29, 1.82) is 0 Å². The first-order valence-electron chi connectivity index (χ1n) is 7.14. The molecule has 1 atom stereocenters. The highest BCUT2D eigenvalue weighted by atomic mass is 16.5. The van der Waals surface area contributed by atoms with Crippen LogP contribution in [0.3, 0.4) is 0 Å². The monoisotopic (exact) mass is 261 g/mol. The molecule has 0 aliphatic carbocycles. The number of fused-ring (bicyclic) bond motifs is 1. The second-order valence-corrected chi connectivity index (χ2v) is 5.41. The minimum absolute atomic E-state index is 0.354. The van der Waals surface area contributed by atoms with E-state index >= 15 is 0 Å². The van der Waals surface area contributed by atoms with Crippen LogP contribution in [0.25, 0.3) is 0 Å². The summed E-state index contributed by atoms with van der Waals surface area (Å²) < 4.78 is 8.49. The Bertz CT molecular complexity index is 599. The van der Waals surface area contributed by atoms with Gasteiger partial charge < -0.3 is 4.65 Å². The number of benzene rings is 2. The number of hydrogen-bond acceptors (Lipinski definition) is 1. The van der Waals surface area contributed by atoms with Crippen LogP contribution in [0.2, 0.25) is 0 Å². The molecule has 2 aliphatic rings. The van der Waals surface area contributed by atoms with E-state index in [2.05, 4.69) is 71.4 Å². The van der Waals surface area contributed by atoms with Gasteiger partial charge in [-0.05, 0) is 11.1 Å². The first-order chi connectivity index (χ1) is 9.91. The SMILES string of the molecule is [B]1OC(c2ccccc2)(c2ccccc2)C2CCC=[N+]12. The van der Waals surface area contributed by atoms with Crippen molar-refractivity contribution in [1.82, 2.24) is 0 Å². The van der Waals surface area contributed by atoms with Gasteiger partial charge in [0.25, 0.3) is 0 Å². The van der Waals surface area contributed by atoms with Gasteiger partial charge in [0.1, 0.15) is 6.21 Å². The lowest BCUT2D eigenvalue weighted by Crippen LogP contribution is -2.39. The molecule has 2 nitrogen and oxygen atoms in total. The summed E-state index contributed by atoms with van der Waals surface area (Å²) in [5.41, 5.74) is 2.07. The van der Waals surface area contributed by atoms with Crippen LogP contribution < -0.4 is 0 Å². The van der Waals surface area contributed by atoms with Gasteiger partial charge in [0.2, 0.25) is 0 Å². The fraction of sp³-hybridized carbons (Fsp3) is 0.235. The maximum absolute atomic E-state index is 6.25. The van der Waals surface area contributed by atoms with Crippen LogP contribution in [0.1, 0.15) is 24.0 Å². The van der Waals surface area contributed by atoms with Crippen molar-refractivity contribution < 1.29 is 9.14 Å². The fourth-order valence-corrected chi connectivity index (χ4v) is 3.47. The summed E-state index contributed by atoms with van der Waals surface area (Å²) in [6, 6.07) is 21.5. The van der Waals surface area contributed by atoms with Crippen LogP contribution >= 0.6 is 0 Å². The van der Waals surface area contributed by atoms with E-state index in [0.717, 1.165) is 12.8 Å². The Morgan fingerprint density at radius 1 is 0.950 bits per heavy atom. The molecule has 0 bridgehead atoms. The van der Waals surface area contributed by atoms with E-state index in [1.54, 1.807) is 0 Å². The highest BCUT2D eigenvalue weighted by Crippen LogP contribution is 2.44. The molecule has 20 heavy (non-hydrogen) atoms. The first-order valence-corrected chi connectivity index (χ1v) is 7.14. The third-order valence-electron chi connectivity index (χ3n) is 4.37. The molecule has 1 saturated heterocycles. The van der Waals surface area contributed by atoms with Crippen molar-refractivity contribution in [3.8, 4) is 0 Å². The van der Waals surface area contributed by atoms with E-state index in [1.165, 1.54) is 11.1 Å². The highest BCUT2D eigenvalue weighted by molar-refractivity contribution is 6.18. The van der Waals surface area contributed by atoms with E-state index in [9.17, 15) is 0 Å². The van der Waals surface area contributed by atoms with Crippen molar-refractivity contribution >= 4 is 13.8 Å². The molecule has 0 spiro atoms. The van der Waals surface area contributed by atoms with Gasteiger partial charge in [0.15, 0.2) is 11.6 Å². The number of rotatable bonds is 2. The van der Waals surface area contributed by atoms with Gasteiger partial charge in [-0.15, -0.1) is 0 Å². The van der Waals surface area contributed by atoms with Crippen molar-refractivity contribution in [2.45, 2.75) is 24.5 Å². The van der Waals surface area contributed by atoms with Gasteiger partial charge in [-0.1, -0.05) is 60.7 Å². The maximum Gasteiger partial charge on any atom is 0.742 e. The van der Waals surface area contributed by atoms with Gasteiger partial charge in [-0.2, -0.15) is 0 Å². The molecule has 3 heteroatoms. The molecular weight excluding hydrogens is 245 g/mol. The minimum Gasteiger partial charge on any atom is -0.352 e. The standard InChI is InChI=1S/C17H16BNO/c1-3-8-14(9-4-1)17(15-10-5-2-6-11-15)16-12-7-13-19(16)18-20-17/h1-6,8-11,13,16H,7,12H2/q+1. The van der Waals surface area contributed by atoms with Crippen LogP contribution in [0.4, 0.5) is 0 Å². The Hall–Kier alpha value is -1.87. The lowest BCUT2D eigenvalue weighted by atomic mass is 9.79. The van der Waals surface area contributed by atoms with E-state index in [-0.39, 0.29) is 5.60 Å². The number of hydrogen-bond donors (Lipinski definition) is 0. The molecule has 0 aromatic heterocycles. The van der Waals surface area contributed by atoms with Gasteiger partial charge >= 0.3 is 7.62 Å². The molecule has 2 aliphatic heterocycles. The second-order valence-electron chi connectivity index (χ2n) is 5.41. The van der Waals surface area contributed by atoms with Crippen LogP contribution in [-0.2, 0) is 10.3 Å². The Morgan fingerprint density at radius 3 is 2.15 bits per heavy atom. The summed E-state index contributed by atoms with van der Waals surface area (Å²) in [6.45, 7) is 0. The lowest BCUT2D eigenvalue weighted by molar-refractivity contribution is -0.412. The molecule has 2 aromatic rings. The van der Waals surface area contributed by atoms with Crippen molar-refractivity contribution in [2.75, 3.05) is 0 Å². The van der Waals surface area contributed by atoms with Crippen LogP contribution in [0.5, 0.6) is 0 Å². The van der Waals surface area contributed by atoms with E-state index in [4.69, 9.17) is 4.65 Å². The summed E-state index contributed by atoms with van der Waals surface area (Å²) in [7, 11) is 1.89. The molecule has 0 saturated carbocycles. The molecular formula is C17H16BNO+. The molecule has 4 rings (SSSR count). The molecule has 0 amide bonds. The molecule has 0 N–H and O–H groups in total. The Morgan fingerprint density at radius 2 is 1.55 bits per heavy atom. The second kappa shape index (κ2) is 4.60. The lowest BCUT2D eigenvalue weighted by Gasteiger charge is -2.31. The molecule has 2 aromatic carbocycles. The van der Waals surface area contributed by atoms with E-state index in [0.29, 0.717) is 6.04 Å². The zero-order valence-corrected chi connectivity index (χ0v) is 11.3. The number of nitrogens with zero attached hydrogens (tertiary/aromatic N) is 1. The quantitative estimate of drug-likeness (QED) is 0.757. The zero-order valence-electron chi connectivity index (χ0n) is 11.3. The molecule has 2 heterocycles. The van der Waals surface area contributed by atoms with E-state index in [1.807, 2.05) is 7.62 Å². The summed E-state index contributed by atoms with van der Waals surface area (Å²) in [5, 5.41) is 0. The van der Waals surface area contributed by atoms with Gasteiger partial charge in [-0.25, -0.2) is 0 Å². The van der Waals surface area contributed by atoms with E-state index < -0.39 is 0 Å². The average molecular weight is 261 g/mol. The normalized spacial score (nSPS) is 23.0. The smallest absolute Gasteiger partial charge is 0.352 e. The third-order valence-corrected chi connectivity index (χ3v) is 4.37. The van der Waals surface area contributed by atoms with Crippen LogP contribution in [0, 0.1) is 0 Å². The summed E-state index contributed by atoms with van der Waals surface area (Å²) in [4.78, 5) is 0. The van der Waals surface area contributed by atoms with Crippen molar-refractivity contribution in [3.63, 3.8) is 0 Å². The molecule has 1 unspecified atom stereocenters. The predicted molar refractivity (Wildman–Crippen MR) is 79.8 cm³/mol. The molecule has 1 fully saturated rings. The third kappa shape index (κ3) is 1.60. The van der Waals surface area contributed by atoms with Crippen molar-refractivity contribution in [3.05, 3.63) is 71.8 Å². The van der Waals surface area contributed by atoms with Gasteiger partial charge in [0, 0.05) is 12.8 Å². The Labute approximate surface area is 120 Å². The maximum atomic E-state index is 6.25. The minimum atomic E-state index is -0.379. The summed E-state index contributed by atoms with van der Waals surface area (Å²) in [5.74, 6) is 0. The fourth-order valence-electron chi connectivity index (χ4n) is 3.47. The topological polar surface area (TPSA) is 12.2 Å². The predicted octanol–water partition coefficient (Wildman–Crippen LogP) is 2.74. The van der Waals surface area contributed by atoms with Crippen LogP contribution in [-0.4, -0.2) is 24.4 Å².